The Morgan fingerprint density at radius 2 is 1.75 bits per heavy atom. The average molecular weight is 437 g/mol. The third kappa shape index (κ3) is 3.65. The molecule has 28 heavy (non-hydrogen) atoms. The Kier molecular flexibility index (Phi) is 5.15. The molecule has 0 aliphatic carbocycles. The lowest BCUT2D eigenvalue weighted by Gasteiger charge is -2.33. The normalized spacial score (nSPS) is 15.6. The summed E-state index contributed by atoms with van der Waals surface area (Å²) >= 11 is 3.10. The van der Waals surface area contributed by atoms with Gasteiger partial charge in [0.2, 0.25) is 15.2 Å². The third-order valence-electron chi connectivity index (χ3n) is 4.39. The molecule has 1 saturated heterocycles. The fourth-order valence-electron chi connectivity index (χ4n) is 2.88. The highest BCUT2D eigenvalue weighted by Gasteiger charge is 2.29. The molecular formula is C17H16N4O4S3. The van der Waals surface area contributed by atoms with Crippen molar-refractivity contribution in [3.63, 3.8) is 0 Å². The minimum Gasteiger partial charge on any atom is -0.478 e. The van der Waals surface area contributed by atoms with Crippen molar-refractivity contribution in [2.24, 2.45) is 0 Å². The first-order valence-corrected chi connectivity index (χ1v) is 11.5. The SMILES string of the molecule is O=C(O)c1ccc(S(=O)(=O)N2CCN(c3nnc(-c4cccs4)s3)CC2)cc1. The Balaban J connectivity index is 1.44. The van der Waals surface area contributed by atoms with Crippen LogP contribution in [0.5, 0.6) is 0 Å². The van der Waals surface area contributed by atoms with E-state index in [0.717, 1.165) is 15.0 Å². The largest absolute Gasteiger partial charge is 0.478 e. The minimum atomic E-state index is -3.66. The quantitative estimate of drug-likeness (QED) is 0.655. The van der Waals surface area contributed by atoms with Crippen LogP contribution in [0.15, 0.2) is 46.7 Å². The van der Waals surface area contributed by atoms with Crippen LogP contribution in [0.4, 0.5) is 5.13 Å². The van der Waals surface area contributed by atoms with Crippen LogP contribution in [-0.4, -0.2) is 60.2 Å². The fraction of sp³-hybridized carbons (Fsp3) is 0.235. The zero-order chi connectivity index (χ0) is 19.7. The molecule has 1 aliphatic rings. The van der Waals surface area contributed by atoms with Gasteiger partial charge >= 0.3 is 5.97 Å². The molecule has 1 N–H and O–H groups in total. The lowest BCUT2D eigenvalue weighted by atomic mass is 10.2. The third-order valence-corrected chi connectivity index (χ3v) is 8.33. The summed E-state index contributed by atoms with van der Waals surface area (Å²) in [4.78, 5) is 14.1. The van der Waals surface area contributed by atoms with Gasteiger partial charge < -0.3 is 10.0 Å². The van der Waals surface area contributed by atoms with Crippen LogP contribution in [0, 0.1) is 0 Å². The highest BCUT2D eigenvalue weighted by atomic mass is 32.2. The van der Waals surface area contributed by atoms with Crippen molar-refractivity contribution in [1.29, 1.82) is 0 Å². The van der Waals surface area contributed by atoms with Crippen molar-refractivity contribution in [1.82, 2.24) is 14.5 Å². The van der Waals surface area contributed by atoms with Crippen molar-refractivity contribution in [2.45, 2.75) is 4.90 Å². The van der Waals surface area contributed by atoms with Gasteiger partial charge in [0.15, 0.2) is 5.01 Å². The number of carboxylic acid groups (broad SMARTS) is 1. The lowest BCUT2D eigenvalue weighted by molar-refractivity contribution is 0.0696. The van der Waals surface area contributed by atoms with E-state index in [4.69, 9.17) is 5.11 Å². The first-order valence-electron chi connectivity index (χ1n) is 8.41. The van der Waals surface area contributed by atoms with Crippen LogP contribution in [0.2, 0.25) is 0 Å². The summed E-state index contributed by atoms with van der Waals surface area (Å²) < 4.78 is 27.0. The number of thiophene rings is 1. The van der Waals surface area contributed by atoms with Gasteiger partial charge in [0, 0.05) is 26.2 Å². The molecule has 0 bridgehead atoms. The summed E-state index contributed by atoms with van der Waals surface area (Å²) in [5, 5.41) is 21.1. The second-order valence-corrected chi connectivity index (χ2v) is 9.93. The summed E-state index contributed by atoms with van der Waals surface area (Å²) in [7, 11) is -3.66. The van der Waals surface area contributed by atoms with Gasteiger partial charge in [-0.3, -0.25) is 0 Å². The number of benzene rings is 1. The molecule has 0 atom stereocenters. The number of aromatic carboxylic acids is 1. The van der Waals surface area contributed by atoms with Crippen LogP contribution in [0.1, 0.15) is 10.4 Å². The molecule has 3 aromatic rings. The number of carboxylic acids is 1. The van der Waals surface area contributed by atoms with Crippen molar-refractivity contribution in [3.05, 3.63) is 47.3 Å². The van der Waals surface area contributed by atoms with E-state index in [2.05, 4.69) is 10.2 Å². The van der Waals surface area contributed by atoms with Gasteiger partial charge in [0.05, 0.1) is 15.3 Å². The van der Waals surface area contributed by atoms with Gasteiger partial charge in [-0.05, 0) is 35.7 Å². The topological polar surface area (TPSA) is 104 Å². The summed E-state index contributed by atoms with van der Waals surface area (Å²) in [6, 6.07) is 9.24. The highest BCUT2D eigenvalue weighted by Crippen LogP contribution is 2.32. The molecule has 0 saturated carbocycles. The summed E-state index contributed by atoms with van der Waals surface area (Å²) in [6.07, 6.45) is 0. The lowest BCUT2D eigenvalue weighted by Crippen LogP contribution is -2.48. The maximum absolute atomic E-state index is 12.8. The molecule has 1 aliphatic heterocycles. The fourth-order valence-corrected chi connectivity index (χ4v) is 5.99. The molecule has 0 radical (unpaired) electrons. The first kappa shape index (κ1) is 19.0. The van der Waals surface area contributed by atoms with Crippen molar-refractivity contribution < 1.29 is 18.3 Å². The maximum Gasteiger partial charge on any atom is 0.335 e. The first-order chi connectivity index (χ1) is 13.4. The number of rotatable bonds is 5. The van der Waals surface area contributed by atoms with Crippen LogP contribution in [-0.2, 0) is 10.0 Å². The van der Waals surface area contributed by atoms with Gasteiger partial charge in [-0.15, -0.1) is 21.5 Å². The molecule has 0 unspecified atom stereocenters. The maximum atomic E-state index is 12.8. The number of hydrogen-bond acceptors (Lipinski definition) is 8. The molecule has 0 amide bonds. The van der Waals surface area contributed by atoms with E-state index in [9.17, 15) is 13.2 Å². The molecule has 146 valence electrons. The van der Waals surface area contributed by atoms with E-state index in [-0.39, 0.29) is 10.5 Å². The summed E-state index contributed by atoms with van der Waals surface area (Å²) in [6.45, 7) is 1.70. The second-order valence-electron chi connectivity index (χ2n) is 6.09. The van der Waals surface area contributed by atoms with Crippen molar-refractivity contribution in [2.75, 3.05) is 31.1 Å². The van der Waals surface area contributed by atoms with E-state index >= 15 is 0 Å². The summed E-state index contributed by atoms with van der Waals surface area (Å²) in [5.41, 5.74) is 0.0570. The number of aromatic nitrogens is 2. The van der Waals surface area contributed by atoms with Crippen LogP contribution in [0.3, 0.4) is 0 Å². The Labute approximate surface area is 169 Å². The molecular weight excluding hydrogens is 420 g/mol. The van der Waals surface area contributed by atoms with E-state index in [1.54, 1.807) is 11.3 Å². The molecule has 1 fully saturated rings. The van der Waals surface area contributed by atoms with Crippen molar-refractivity contribution in [3.8, 4) is 9.88 Å². The number of sulfonamides is 1. The molecule has 2 aromatic heterocycles. The van der Waals surface area contributed by atoms with Gasteiger partial charge in [0.1, 0.15) is 0 Å². The van der Waals surface area contributed by atoms with Crippen LogP contribution >= 0.6 is 22.7 Å². The minimum absolute atomic E-state index is 0.0570. The van der Waals surface area contributed by atoms with E-state index < -0.39 is 16.0 Å². The number of nitrogens with zero attached hydrogens (tertiary/aromatic N) is 4. The molecule has 4 rings (SSSR count). The van der Waals surface area contributed by atoms with E-state index in [1.165, 1.54) is 39.9 Å². The Morgan fingerprint density at radius 1 is 1.04 bits per heavy atom. The van der Waals surface area contributed by atoms with Crippen LogP contribution < -0.4 is 4.90 Å². The van der Waals surface area contributed by atoms with Crippen molar-refractivity contribution >= 4 is 43.8 Å². The Bertz CT molecular complexity index is 1070. The van der Waals surface area contributed by atoms with E-state index in [1.807, 2.05) is 22.4 Å². The molecule has 11 heteroatoms. The molecule has 1 aromatic carbocycles. The second kappa shape index (κ2) is 7.59. The average Bonchev–Trinajstić information content (AvgIpc) is 3.40. The zero-order valence-corrected chi connectivity index (χ0v) is 17.0. The van der Waals surface area contributed by atoms with E-state index in [0.29, 0.717) is 26.2 Å². The van der Waals surface area contributed by atoms with Gasteiger partial charge in [-0.25, -0.2) is 13.2 Å². The smallest absolute Gasteiger partial charge is 0.335 e. The predicted octanol–water partition coefficient (Wildman–Crippen LogP) is 2.48. The molecule has 8 nitrogen and oxygen atoms in total. The number of piperazine rings is 1. The van der Waals surface area contributed by atoms with Crippen LogP contribution in [0.25, 0.3) is 9.88 Å². The summed E-state index contributed by atoms with van der Waals surface area (Å²) in [5.74, 6) is -1.09. The molecule has 0 spiro atoms. The Morgan fingerprint density at radius 3 is 2.36 bits per heavy atom. The van der Waals surface area contributed by atoms with Gasteiger partial charge in [-0.1, -0.05) is 17.4 Å². The number of carbonyl (C=O) groups is 1. The monoisotopic (exact) mass is 436 g/mol. The molecule has 3 heterocycles. The van der Waals surface area contributed by atoms with Gasteiger partial charge in [-0.2, -0.15) is 4.31 Å². The zero-order valence-electron chi connectivity index (χ0n) is 14.6. The van der Waals surface area contributed by atoms with Gasteiger partial charge in [0.25, 0.3) is 0 Å². The Hall–Kier alpha value is -2.34. The highest BCUT2D eigenvalue weighted by molar-refractivity contribution is 7.89. The number of anilines is 1. The number of hydrogen-bond donors (Lipinski definition) is 1. The predicted molar refractivity (Wildman–Crippen MR) is 108 cm³/mol. The standard InChI is InChI=1S/C17H16N4O4S3/c22-16(23)12-3-5-13(6-4-12)28(24,25)21-9-7-20(8-10-21)17-19-18-15(27-17)14-2-1-11-26-14/h1-6,11H,7-10H2,(H,22,23).